The van der Waals surface area contributed by atoms with E-state index in [1.54, 1.807) is 12.1 Å². The van der Waals surface area contributed by atoms with Gasteiger partial charge in [0.15, 0.2) is 5.82 Å². The highest BCUT2D eigenvalue weighted by molar-refractivity contribution is 6.02. The van der Waals surface area contributed by atoms with E-state index in [1.807, 2.05) is 18.3 Å². The molecule has 3 aliphatic rings. The molecule has 1 atom stereocenters. The number of hydrogen-bond acceptors (Lipinski definition) is 6. The van der Waals surface area contributed by atoms with Crippen LogP contribution >= 0.6 is 0 Å². The van der Waals surface area contributed by atoms with E-state index in [1.165, 1.54) is 0 Å². The number of fused-ring (bicyclic) bond motifs is 3. The zero-order valence-electron chi connectivity index (χ0n) is 17.5. The molecule has 1 amide bonds. The second-order valence-corrected chi connectivity index (χ2v) is 8.52. The van der Waals surface area contributed by atoms with Crippen LogP contribution in [0.4, 0.5) is 17.2 Å². The molecule has 5 rings (SSSR count). The van der Waals surface area contributed by atoms with E-state index in [2.05, 4.69) is 26.1 Å². The Morgan fingerprint density at radius 3 is 2.61 bits per heavy atom. The molecule has 2 N–H and O–H groups in total. The molecule has 0 saturated carbocycles. The molecule has 2 saturated heterocycles. The topological polar surface area (TPSA) is 89.0 Å². The molecule has 2 aromatic rings. The molecule has 162 valence electrons. The first-order valence-electron chi connectivity index (χ1n) is 11.0. The van der Waals surface area contributed by atoms with Crippen LogP contribution in [0.25, 0.3) is 0 Å². The maximum absolute atomic E-state index is 12.5. The fourth-order valence-electron chi connectivity index (χ4n) is 4.82. The summed E-state index contributed by atoms with van der Waals surface area (Å²) in [5.74, 6) is 0.0957. The van der Waals surface area contributed by atoms with Crippen LogP contribution in [-0.2, 0) is 11.3 Å². The van der Waals surface area contributed by atoms with Crippen LogP contribution in [0.3, 0.4) is 0 Å². The second kappa shape index (κ2) is 8.19. The van der Waals surface area contributed by atoms with Crippen molar-refractivity contribution >= 4 is 29.1 Å². The molecule has 0 bridgehead atoms. The highest BCUT2D eigenvalue weighted by Crippen LogP contribution is 2.34. The number of piperazine rings is 1. The Labute approximate surface area is 181 Å². The number of nitrogens with one attached hydrogen (secondary N) is 1. The molecule has 8 nitrogen and oxygen atoms in total. The van der Waals surface area contributed by atoms with Crippen molar-refractivity contribution in [2.75, 3.05) is 47.8 Å². The number of hydrogen-bond donors (Lipinski definition) is 2. The Hall–Kier alpha value is -3.13. The third kappa shape index (κ3) is 3.95. The van der Waals surface area contributed by atoms with Gasteiger partial charge in [0.05, 0.1) is 11.3 Å². The molecule has 4 heterocycles. The molecule has 0 aliphatic carbocycles. The van der Waals surface area contributed by atoms with E-state index in [9.17, 15) is 9.59 Å². The number of carboxylic acid groups (broad SMARTS) is 1. The van der Waals surface area contributed by atoms with Crippen molar-refractivity contribution in [3.63, 3.8) is 0 Å². The average Bonchev–Trinajstić information content (AvgIpc) is 2.80. The summed E-state index contributed by atoms with van der Waals surface area (Å²) < 4.78 is 0. The highest BCUT2D eigenvalue weighted by atomic mass is 16.4. The predicted octanol–water partition coefficient (Wildman–Crippen LogP) is 2.41. The predicted molar refractivity (Wildman–Crippen MR) is 119 cm³/mol. The van der Waals surface area contributed by atoms with Crippen LogP contribution in [0, 0.1) is 0 Å². The van der Waals surface area contributed by atoms with Crippen LogP contribution in [0.5, 0.6) is 0 Å². The number of carboxylic acids is 1. The number of aromatic carboxylic acids is 1. The van der Waals surface area contributed by atoms with Gasteiger partial charge >= 0.3 is 5.97 Å². The van der Waals surface area contributed by atoms with E-state index >= 15 is 0 Å². The molecule has 3 aliphatic heterocycles. The smallest absolute Gasteiger partial charge is 0.335 e. The Morgan fingerprint density at radius 2 is 1.87 bits per heavy atom. The standard InChI is InChI=1S/C23H27N5O3/c29-22-20-3-1-2-8-28(20)21-19(25-22)13-16(14-24-21)15-26-9-11-27(12-10-26)18-6-4-17(5-7-18)23(30)31/h4-7,13-14,20H,1-3,8-12,15H2,(H,25,29)(H,30,31). The van der Waals surface area contributed by atoms with Gasteiger partial charge in [-0.15, -0.1) is 0 Å². The lowest BCUT2D eigenvalue weighted by Gasteiger charge is -2.40. The van der Waals surface area contributed by atoms with E-state index in [4.69, 9.17) is 10.1 Å². The van der Waals surface area contributed by atoms with Crippen molar-refractivity contribution in [3.05, 3.63) is 47.7 Å². The third-order valence-corrected chi connectivity index (χ3v) is 6.52. The number of anilines is 3. The molecule has 2 fully saturated rings. The van der Waals surface area contributed by atoms with Crippen molar-refractivity contribution in [2.24, 2.45) is 0 Å². The first-order valence-corrected chi connectivity index (χ1v) is 11.0. The minimum Gasteiger partial charge on any atom is -0.478 e. The second-order valence-electron chi connectivity index (χ2n) is 8.52. The van der Waals surface area contributed by atoms with Gasteiger partial charge in [-0.1, -0.05) is 0 Å². The van der Waals surface area contributed by atoms with Crippen molar-refractivity contribution in [2.45, 2.75) is 31.8 Å². The van der Waals surface area contributed by atoms with Gasteiger partial charge in [-0.3, -0.25) is 9.69 Å². The molecule has 1 aromatic heterocycles. The van der Waals surface area contributed by atoms with Gasteiger partial charge in [0.2, 0.25) is 5.91 Å². The van der Waals surface area contributed by atoms with Gasteiger partial charge in [-0.05, 0) is 55.2 Å². The number of pyridine rings is 1. The zero-order chi connectivity index (χ0) is 21.4. The van der Waals surface area contributed by atoms with E-state index < -0.39 is 5.97 Å². The van der Waals surface area contributed by atoms with Crippen LogP contribution < -0.4 is 15.1 Å². The Morgan fingerprint density at radius 1 is 1.10 bits per heavy atom. The Kier molecular flexibility index (Phi) is 5.23. The van der Waals surface area contributed by atoms with Crippen LogP contribution in [0.15, 0.2) is 36.5 Å². The summed E-state index contributed by atoms with van der Waals surface area (Å²) in [6.45, 7) is 5.29. The molecule has 0 radical (unpaired) electrons. The molecular weight excluding hydrogens is 394 g/mol. The number of carbonyl (C=O) groups is 2. The SMILES string of the molecule is O=C(O)c1ccc(N2CCN(Cc3cnc4c(c3)NC(=O)C3CCCCN43)CC2)cc1. The maximum Gasteiger partial charge on any atom is 0.335 e. The number of nitrogens with zero attached hydrogens (tertiary/aromatic N) is 4. The first-order chi connectivity index (χ1) is 15.1. The lowest BCUT2D eigenvalue weighted by Crippen LogP contribution is -2.51. The third-order valence-electron chi connectivity index (χ3n) is 6.52. The van der Waals surface area contributed by atoms with Crippen LogP contribution in [0.2, 0.25) is 0 Å². The van der Waals surface area contributed by atoms with Crippen molar-refractivity contribution in [3.8, 4) is 0 Å². The summed E-state index contributed by atoms with van der Waals surface area (Å²) in [6, 6.07) is 9.07. The summed E-state index contributed by atoms with van der Waals surface area (Å²) in [6.07, 6.45) is 5.05. The number of piperidine rings is 1. The van der Waals surface area contributed by atoms with E-state index in [0.29, 0.717) is 5.56 Å². The summed E-state index contributed by atoms with van der Waals surface area (Å²) >= 11 is 0. The molecule has 1 aromatic carbocycles. The fourth-order valence-corrected chi connectivity index (χ4v) is 4.82. The number of aromatic nitrogens is 1. The summed E-state index contributed by atoms with van der Waals surface area (Å²) in [5, 5.41) is 12.1. The minimum atomic E-state index is -0.901. The van der Waals surface area contributed by atoms with Crippen LogP contribution in [-0.4, -0.2) is 65.6 Å². The Balaban J connectivity index is 1.21. The highest BCUT2D eigenvalue weighted by Gasteiger charge is 2.35. The lowest BCUT2D eigenvalue weighted by atomic mass is 9.99. The number of amides is 1. The number of carbonyl (C=O) groups excluding carboxylic acids is 1. The molecule has 1 unspecified atom stereocenters. The monoisotopic (exact) mass is 421 g/mol. The van der Waals surface area contributed by atoms with Crippen molar-refractivity contribution < 1.29 is 14.7 Å². The van der Waals surface area contributed by atoms with Gasteiger partial charge in [-0.2, -0.15) is 0 Å². The quantitative estimate of drug-likeness (QED) is 0.784. The summed E-state index contributed by atoms with van der Waals surface area (Å²) in [4.78, 5) is 35.1. The first kappa shape index (κ1) is 19.8. The van der Waals surface area contributed by atoms with Gasteiger partial charge in [0.1, 0.15) is 6.04 Å². The van der Waals surface area contributed by atoms with Gasteiger partial charge in [0, 0.05) is 51.2 Å². The van der Waals surface area contributed by atoms with Gasteiger partial charge in [-0.25, -0.2) is 9.78 Å². The zero-order valence-corrected chi connectivity index (χ0v) is 17.5. The van der Waals surface area contributed by atoms with Gasteiger partial charge < -0.3 is 20.2 Å². The molecule has 8 heteroatoms. The largest absolute Gasteiger partial charge is 0.478 e. The van der Waals surface area contributed by atoms with E-state index in [-0.39, 0.29) is 11.9 Å². The summed E-state index contributed by atoms with van der Waals surface area (Å²) in [7, 11) is 0. The Bertz CT molecular complexity index is 985. The van der Waals surface area contributed by atoms with Crippen molar-refractivity contribution in [1.82, 2.24) is 9.88 Å². The van der Waals surface area contributed by atoms with Gasteiger partial charge in [0.25, 0.3) is 0 Å². The number of benzene rings is 1. The van der Waals surface area contributed by atoms with Crippen LogP contribution in [0.1, 0.15) is 35.2 Å². The molecular formula is C23H27N5O3. The fraction of sp³-hybridized carbons (Fsp3) is 0.435. The maximum atomic E-state index is 12.5. The lowest BCUT2D eigenvalue weighted by molar-refractivity contribution is -0.118. The summed E-state index contributed by atoms with van der Waals surface area (Å²) in [5.41, 5.74) is 3.30. The molecule has 0 spiro atoms. The van der Waals surface area contributed by atoms with E-state index in [0.717, 1.165) is 81.3 Å². The number of rotatable bonds is 4. The average molecular weight is 422 g/mol. The normalized spacial score (nSPS) is 21.3. The molecule has 31 heavy (non-hydrogen) atoms. The van der Waals surface area contributed by atoms with Crippen molar-refractivity contribution in [1.29, 1.82) is 0 Å². The minimum absolute atomic E-state index is 0.0720.